The minimum Gasteiger partial charge on any atom is -0.493 e. The molecule has 0 spiro atoms. The van der Waals surface area contributed by atoms with Crippen LogP contribution in [0.3, 0.4) is 0 Å². The number of fused-ring (bicyclic) bond motifs is 1. The number of nitrogens with one attached hydrogen (secondary N) is 2. The Morgan fingerprint density at radius 2 is 2.07 bits per heavy atom. The Morgan fingerprint density at radius 3 is 2.86 bits per heavy atom. The third kappa shape index (κ3) is 5.45. The number of hydrogen-bond acceptors (Lipinski definition) is 4. The maximum absolute atomic E-state index is 12.0. The fourth-order valence-electron chi connectivity index (χ4n) is 2.95. The number of aliphatic imine (C=N–C) groups is 1. The second-order valence-electron chi connectivity index (χ2n) is 6.82. The van der Waals surface area contributed by atoms with E-state index in [1.165, 1.54) is 0 Å². The smallest absolute Gasteiger partial charge is 0.243 e. The molecule has 1 aromatic carbocycles. The van der Waals surface area contributed by atoms with Gasteiger partial charge in [-0.05, 0) is 18.2 Å². The maximum Gasteiger partial charge on any atom is 0.243 e. The van der Waals surface area contributed by atoms with Gasteiger partial charge in [0.25, 0.3) is 0 Å². The van der Waals surface area contributed by atoms with Crippen LogP contribution in [0.2, 0.25) is 0 Å². The molecule has 0 saturated carbocycles. The van der Waals surface area contributed by atoms with Gasteiger partial charge in [-0.2, -0.15) is 0 Å². The fourth-order valence-corrected chi connectivity index (χ4v) is 2.95. The molecule has 0 saturated heterocycles. The molecule has 1 aromatic heterocycles. The molecule has 1 unspecified atom stereocenters. The molecule has 0 fully saturated rings. The summed E-state index contributed by atoms with van der Waals surface area (Å²) in [6.45, 7) is 1.41. The lowest BCUT2D eigenvalue weighted by atomic mass is 10.0. The number of aromatic nitrogens is 1. The number of para-hydroxylation sites is 1. The molecule has 0 radical (unpaired) electrons. The maximum atomic E-state index is 12.0. The quantitative estimate of drug-likeness (QED) is 0.589. The largest absolute Gasteiger partial charge is 0.493 e. The third-order valence-corrected chi connectivity index (χ3v) is 4.54. The van der Waals surface area contributed by atoms with Gasteiger partial charge in [-0.25, -0.2) is 4.99 Å². The van der Waals surface area contributed by atoms with Crippen molar-refractivity contribution in [2.24, 2.45) is 4.99 Å². The first-order chi connectivity index (χ1) is 13.6. The van der Waals surface area contributed by atoms with Crippen molar-refractivity contribution in [1.29, 1.82) is 0 Å². The average molecular weight is 381 g/mol. The van der Waals surface area contributed by atoms with Crippen LogP contribution >= 0.6 is 0 Å². The summed E-state index contributed by atoms with van der Waals surface area (Å²) in [7, 11) is 3.46. The SMILES string of the molecule is CN(C)C(=O)CN=C(NCCc1ccccn1)NC1CCOc2ccccc21. The summed E-state index contributed by atoms with van der Waals surface area (Å²) in [5.74, 6) is 1.47. The molecule has 2 N–H and O–H groups in total. The number of likely N-dealkylation sites (N-methyl/N-ethyl adjacent to an activating group) is 1. The van der Waals surface area contributed by atoms with Gasteiger partial charge >= 0.3 is 0 Å². The number of guanidine groups is 1. The van der Waals surface area contributed by atoms with Gasteiger partial charge in [0.05, 0.1) is 12.6 Å². The van der Waals surface area contributed by atoms with E-state index in [9.17, 15) is 4.79 Å². The first-order valence-electron chi connectivity index (χ1n) is 9.50. The zero-order chi connectivity index (χ0) is 19.8. The second kappa shape index (κ2) is 9.73. The van der Waals surface area contributed by atoms with E-state index < -0.39 is 0 Å². The van der Waals surface area contributed by atoms with Crippen molar-refractivity contribution < 1.29 is 9.53 Å². The number of hydrogen-bond donors (Lipinski definition) is 2. The standard InChI is InChI=1S/C21H27N5O2/c1-26(2)20(27)15-24-21(23-13-10-16-7-5-6-12-22-16)25-18-11-14-28-19-9-4-3-8-17(18)19/h3-9,12,18H,10-11,13-15H2,1-2H3,(H2,23,24,25). The highest BCUT2D eigenvalue weighted by atomic mass is 16.5. The monoisotopic (exact) mass is 381 g/mol. The van der Waals surface area contributed by atoms with Gasteiger partial charge in [0.15, 0.2) is 5.96 Å². The molecule has 28 heavy (non-hydrogen) atoms. The van der Waals surface area contributed by atoms with Crippen LogP contribution in [0.4, 0.5) is 0 Å². The van der Waals surface area contributed by atoms with Crippen molar-refractivity contribution >= 4 is 11.9 Å². The third-order valence-electron chi connectivity index (χ3n) is 4.54. The normalized spacial score (nSPS) is 15.9. The molecule has 1 aliphatic heterocycles. The Labute approximate surface area is 165 Å². The van der Waals surface area contributed by atoms with Gasteiger partial charge in [0, 0.05) is 50.9 Å². The van der Waals surface area contributed by atoms with E-state index in [2.05, 4.69) is 26.7 Å². The molecule has 2 aromatic rings. The van der Waals surface area contributed by atoms with E-state index in [0.717, 1.165) is 29.8 Å². The highest BCUT2D eigenvalue weighted by Gasteiger charge is 2.22. The Bertz CT molecular complexity index is 807. The number of ether oxygens (including phenoxy) is 1. The number of carbonyl (C=O) groups is 1. The second-order valence-corrected chi connectivity index (χ2v) is 6.82. The number of pyridine rings is 1. The Kier molecular flexibility index (Phi) is 6.84. The minimum atomic E-state index is -0.0433. The van der Waals surface area contributed by atoms with Crippen LogP contribution in [0.15, 0.2) is 53.7 Å². The van der Waals surface area contributed by atoms with Crippen LogP contribution in [-0.2, 0) is 11.2 Å². The fraction of sp³-hybridized carbons (Fsp3) is 0.381. The first-order valence-corrected chi connectivity index (χ1v) is 9.50. The summed E-state index contributed by atoms with van der Waals surface area (Å²) < 4.78 is 5.73. The zero-order valence-electron chi connectivity index (χ0n) is 16.4. The highest BCUT2D eigenvalue weighted by Crippen LogP contribution is 2.31. The van der Waals surface area contributed by atoms with E-state index >= 15 is 0 Å². The van der Waals surface area contributed by atoms with Crippen LogP contribution in [-0.4, -0.2) is 55.5 Å². The molecule has 0 bridgehead atoms. The molecular formula is C21H27N5O2. The minimum absolute atomic E-state index is 0.0433. The molecule has 7 heteroatoms. The van der Waals surface area contributed by atoms with Crippen LogP contribution in [0.25, 0.3) is 0 Å². The molecule has 3 rings (SSSR count). The summed E-state index contributed by atoms with van der Waals surface area (Å²) >= 11 is 0. The molecule has 2 heterocycles. The topological polar surface area (TPSA) is 78.9 Å². The van der Waals surface area contributed by atoms with Gasteiger partial charge in [-0.1, -0.05) is 24.3 Å². The van der Waals surface area contributed by atoms with Crippen molar-refractivity contribution in [2.75, 3.05) is 33.8 Å². The number of benzene rings is 1. The average Bonchev–Trinajstić information content (AvgIpc) is 2.72. The van der Waals surface area contributed by atoms with E-state index in [-0.39, 0.29) is 18.5 Å². The Hall–Kier alpha value is -3.09. The lowest BCUT2D eigenvalue weighted by molar-refractivity contribution is -0.127. The van der Waals surface area contributed by atoms with Crippen molar-refractivity contribution in [3.05, 3.63) is 59.9 Å². The Balaban J connectivity index is 1.67. The van der Waals surface area contributed by atoms with Gasteiger partial charge in [-0.15, -0.1) is 0 Å². The zero-order valence-corrected chi connectivity index (χ0v) is 16.4. The summed E-state index contributed by atoms with van der Waals surface area (Å²) in [6, 6.07) is 14.0. The van der Waals surface area contributed by atoms with Crippen molar-refractivity contribution in [2.45, 2.75) is 18.9 Å². The van der Waals surface area contributed by atoms with Crippen LogP contribution in [0, 0.1) is 0 Å². The molecule has 7 nitrogen and oxygen atoms in total. The van der Waals surface area contributed by atoms with Gasteiger partial charge in [0.1, 0.15) is 12.3 Å². The van der Waals surface area contributed by atoms with Crippen molar-refractivity contribution in [1.82, 2.24) is 20.5 Å². The highest BCUT2D eigenvalue weighted by molar-refractivity contribution is 5.85. The molecular weight excluding hydrogens is 354 g/mol. The number of rotatable bonds is 6. The molecule has 1 aliphatic rings. The Morgan fingerprint density at radius 1 is 1.25 bits per heavy atom. The number of nitrogens with zero attached hydrogens (tertiary/aromatic N) is 3. The van der Waals surface area contributed by atoms with Crippen molar-refractivity contribution in [3.8, 4) is 5.75 Å². The van der Waals surface area contributed by atoms with Crippen LogP contribution in [0.5, 0.6) is 5.75 Å². The summed E-state index contributed by atoms with van der Waals surface area (Å²) in [5.41, 5.74) is 2.11. The lowest BCUT2D eigenvalue weighted by Crippen LogP contribution is -2.42. The predicted octanol–water partition coefficient (Wildman–Crippen LogP) is 1.77. The van der Waals surface area contributed by atoms with E-state index in [0.29, 0.717) is 19.1 Å². The lowest BCUT2D eigenvalue weighted by Gasteiger charge is -2.28. The van der Waals surface area contributed by atoms with E-state index in [1.807, 2.05) is 36.4 Å². The number of carbonyl (C=O) groups excluding carboxylic acids is 1. The van der Waals surface area contributed by atoms with Gasteiger partial charge < -0.3 is 20.3 Å². The van der Waals surface area contributed by atoms with Crippen LogP contribution in [0.1, 0.15) is 23.7 Å². The molecule has 148 valence electrons. The van der Waals surface area contributed by atoms with Crippen LogP contribution < -0.4 is 15.4 Å². The summed E-state index contributed by atoms with van der Waals surface area (Å²) in [4.78, 5) is 22.3. The first kappa shape index (κ1) is 19.7. The van der Waals surface area contributed by atoms with E-state index in [4.69, 9.17) is 4.74 Å². The molecule has 1 atom stereocenters. The summed E-state index contributed by atoms with van der Waals surface area (Å²) in [6.07, 6.45) is 3.39. The molecule has 0 aliphatic carbocycles. The van der Waals surface area contributed by atoms with Gasteiger partial charge in [0.2, 0.25) is 5.91 Å². The molecule has 1 amide bonds. The van der Waals surface area contributed by atoms with E-state index in [1.54, 1.807) is 25.2 Å². The van der Waals surface area contributed by atoms with Gasteiger partial charge in [-0.3, -0.25) is 9.78 Å². The van der Waals surface area contributed by atoms with Crippen molar-refractivity contribution in [3.63, 3.8) is 0 Å². The predicted molar refractivity (Wildman–Crippen MR) is 109 cm³/mol. The summed E-state index contributed by atoms with van der Waals surface area (Å²) in [5, 5.41) is 6.79. The number of amides is 1.